The van der Waals surface area contributed by atoms with E-state index in [4.69, 9.17) is 16.3 Å². The average molecular weight is 404 g/mol. The Morgan fingerprint density at radius 3 is 2.66 bits per heavy atom. The van der Waals surface area contributed by atoms with Crippen molar-refractivity contribution < 1.29 is 9.53 Å². The van der Waals surface area contributed by atoms with Crippen molar-refractivity contribution in [3.8, 4) is 5.75 Å². The molecule has 1 heterocycles. The Balaban J connectivity index is 1.44. The summed E-state index contributed by atoms with van der Waals surface area (Å²) in [4.78, 5) is 15.8. The van der Waals surface area contributed by atoms with E-state index in [1.165, 1.54) is 0 Å². The third-order valence-electron chi connectivity index (χ3n) is 4.43. The third kappa shape index (κ3) is 4.47. The van der Waals surface area contributed by atoms with Gasteiger partial charge in [0, 0.05) is 27.7 Å². The van der Waals surface area contributed by atoms with Gasteiger partial charge in [0.25, 0.3) is 5.91 Å². The number of para-hydroxylation sites is 2. The third-order valence-corrected chi connectivity index (χ3v) is 4.68. The second-order valence-corrected chi connectivity index (χ2v) is 6.84. The first kappa shape index (κ1) is 18.8. The zero-order valence-corrected chi connectivity index (χ0v) is 16.2. The van der Waals surface area contributed by atoms with E-state index in [1.807, 2.05) is 48.7 Å². The van der Waals surface area contributed by atoms with E-state index in [0.717, 1.165) is 22.0 Å². The number of hydrazone groups is 1. The second-order valence-electron chi connectivity index (χ2n) is 6.40. The Bertz CT molecular complexity index is 1170. The molecule has 3 aromatic carbocycles. The van der Waals surface area contributed by atoms with E-state index in [-0.39, 0.29) is 5.91 Å². The van der Waals surface area contributed by atoms with Crippen LogP contribution < -0.4 is 10.2 Å². The molecule has 0 saturated heterocycles. The highest BCUT2D eigenvalue weighted by Gasteiger charge is 2.11. The van der Waals surface area contributed by atoms with Crippen LogP contribution >= 0.6 is 11.6 Å². The number of halogens is 1. The summed E-state index contributed by atoms with van der Waals surface area (Å²) in [5.41, 5.74) is 5.85. The quantitative estimate of drug-likeness (QED) is 0.344. The molecule has 0 aliphatic carbocycles. The van der Waals surface area contributed by atoms with Crippen LogP contribution in [0.1, 0.15) is 21.5 Å². The average Bonchev–Trinajstić information content (AvgIpc) is 3.17. The number of aromatic nitrogens is 1. The Morgan fingerprint density at radius 2 is 1.79 bits per heavy atom. The summed E-state index contributed by atoms with van der Waals surface area (Å²) >= 11 is 5.90. The number of benzene rings is 3. The highest BCUT2D eigenvalue weighted by molar-refractivity contribution is 6.30. The smallest absolute Gasteiger partial charge is 0.275 e. The molecule has 0 aliphatic rings. The summed E-state index contributed by atoms with van der Waals surface area (Å²) < 4.78 is 5.83. The number of aromatic amines is 1. The fraction of sp³-hybridized carbons (Fsp3) is 0.0435. The van der Waals surface area contributed by atoms with Crippen molar-refractivity contribution in [2.45, 2.75) is 6.61 Å². The summed E-state index contributed by atoms with van der Waals surface area (Å²) in [7, 11) is 0. The van der Waals surface area contributed by atoms with Crippen LogP contribution in [0.4, 0.5) is 0 Å². The minimum atomic E-state index is -0.340. The van der Waals surface area contributed by atoms with Crippen LogP contribution in [-0.4, -0.2) is 17.1 Å². The van der Waals surface area contributed by atoms with Crippen molar-refractivity contribution in [3.63, 3.8) is 0 Å². The largest absolute Gasteiger partial charge is 0.488 e. The van der Waals surface area contributed by atoms with Crippen LogP contribution in [0.2, 0.25) is 5.02 Å². The molecule has 29 heavy (non-hydrogen) atoms. The van der Waals surface area contributed by atoms with Crippen LogP contribution in [0.3, 0.4) is 0 Å². The van der Waals surface area contributed by atoms with Gasteiger partial charge in [-0.3, -0.25) is 4.79 Å². The SMILES string of the molecule is O=C(N/N=C/c1c[nH]c2ccccc12)c1ccccc1OCc1ccc(Cl)cc1. The van der Waals surface area contributed by atoms with E-state index >= 15 is 0 Å². The molecule has 0 spiro atoms. The maximum atomic E-state index is 12.6. The minimum absolute atomic E-state index is 0.333. The number of nitrogens with one attached hydrogen (secondary N) is 2. The van der Waals surface area contributed by atoms with Gasteiger partial charge in [-0.05, 0) is 35.9 Å². The lowest BCUT2D eigenvalue weighted by molar-refractivity contribution is 0.0950. The first-order valence-electron chi connectivity index (χ1n) is 9.06. The highest BCUT2D eigenvalue weighted by atomic mass is 35.5. The normalized spacial score (nSPS) is 11.1. The summed E-state index contributed by atoms with van der Waals surface area (Å²) in [5, 5.41) is 5.80. The molecule has 0 fully saturated rings. The highest BCUT2D eigenvalue weighted by Crippen LogP contribution is 2.20. The van der Waals surface area contributed by atoms with Gasteiger partial charge in [0.2, 0.25) is 0 Å². The van der Waals surface area contributed by atoms with E-state index < -0.39 is 0 Å². The summed E-state index contributed by atoms with van der Waals surface area (Å²) in [6, 6.07) is 22.3. The zero-order chi connectivity index (χ0) is 20.1. The molecular formula is C23H18ClN3O2. The Hall–Kier alpha value is -3.57. The molecule has 6 heteroatoms. The molecule has 1 amide bonds. The number of carbonyl (C=O) groups is 1. The van der Waals surface area contributed by atoms with Crippen molar-refractivity contribution in [2.24, 2.45) is 5.10 Å². The molecule has 5 nitrogen and oxygen atoms in total. The lowest BCUT2D eigenvalue weighted by atomic mass is 10.2. The molecule has 0 atom stereocenters. The van der Waals surface area contributed by atoms with Crippen molar-refractivity contribution in [2.75, 3.05) is 0 Å². The Morgan fingerprint density at radius 1 is 1.03 bits per heavy atom. The lowest BCUT2D eigenvalue weighted by Gasteiger charge is -2.10. The maximum Gasteiger partial charge on any atom is 0.275 e. The minimum Gasteiger partial charge on any atom is -0.488 e. The zero-order valence-electron chi connectivity index (χ0n) is 15.4. The van der Waals surface area contributed by atoms with Gasteiger partial charge >= 0.3 is 0 Å². The lowest BCUT2D eigenvalue weighted by Crippen LogP contribution is -2.18. The maximum absolute atomic E-state index is 12.6. The molecule has 4 rings (SSSR count). The molecule has 4 aromatic rings. The van der Waals surface area contributed by atoms with Gasteiger partial charge in [-0.1, -0.05) is 54.1 Å². The monoisotopic (exact) mass is 403 g/mol. The molecule has 0 radical (unpaired) electrons. The van der Waals surface area contributed by atoms with Gasteiger partial charge in [-0.15, -0.1) is 0 Å². The van der Waals surface area contributed by atoms with Crippen molar-refractivity contribution in [1.82, 2.24) is 10.4 Å². The number of hydrogen-bond donors (Lipinski definition) is 2. The van der Waals surface area contributed by atoms with Crippen LogP contribution in [0.15, 0.2) is 84.1 Å². The Kier molecular flexibility index (Phi) is 5.59. The molecule has 1 aromatic heterocycles. The van der Waals surface area contributed by atoms with Crippen LogP contribution in [0.5, 0.6) is 5.75 Å². The van der Waals surface area contributed by atoms with Gasteiger partial charge in [0.1, 0.15) is 12.4 Å². The molecule has 144 valence electrons. The molecule has 0 aliphatic heterocycles. The first-order valence-corrected chi connectivity index (χ1v) is 9.44. The number of hydrogen-bond acceptors (Lipinski definition) is 3. The number of fused-ring (bicyclic) bond motifs is 1. The molecule has 2 N–H and O–H groups in total. The predicted octanol–water partition coefficient (Wildman–Crippen LogP) is 5.16. The number of amides is 1. The van der Waals surface area contributed by atoms with Crippen LogP contribution in [0.25, 0.3) is 10.9 Å². The van der Waals surface area contributed by atoms with Gasteiger partial charge in [0.15, 0.2) is 0 Å². The van der Waals surface area contributed by atoms with Crippen LogP contribution in [0, 0.1) is 0 Å². The van der Waals surface area contributed by atoms with Gasteiger partial charge < -0.3 is 9.72 Å². The van der Waals surface area contributed by atoms with E-state index in [1.54, 1.807) is 36.5 Å². The molecule has 0 saturated carbocycles. The topological polar surface area (TPSA) is 66.5 Å². The second kappa shape index (κ2) is 8.63. The number of ether oxygens (including phenoxy) is 1. The van der Waals surface area contributed by atoms with E-state index in [2.05, 4.69) is 15.5 Å². The molecular weight excluding hydrogens is 386 g/mol. The number of rotatable bonds is 6. The predicted molar refractivity (Wildman–Crippen MR) is 116 cm³/mol. The summed E-state index contributed by atoms with van der Waals surface area (Å²) in [5.74, 6) is 0.148. The standard InChI is InChI=1S/C23H18ClN3O2/c24-18-11-9-16(10-12-18)15-29-22-8-4-2-6-20(22)23(28)27-26-14-17-13-25-21-7-3-1-5-19(17)21/h1-14,25H,15H2,(H,27,28)/b26-14+. The van der Waals surface area contributed by atoms with Crippen molar-refractivity contribution >= 4 is 34.6 Å². The van der Waals surface area contributed by atoms with Crippen LogP contribution in [-0.2, 0) is 6.61 Å². The van der Waals surface area contributed by atoms with Gasteiger partial charge in [-0.25, -0.2) is 5.43 Å². The van der Waals surface area contributed by atoms with Gasteiger partial charge in [0.05, 0.1) is 11.8 Å². The number of nitrogens with zero attached hydrogens (tertiary/aromatic N) is 1. The number of carbonyl (C=O) groups excluding carboxylic acids is 1. The summed E-state index contributed by atoms with van der Waals surface area (Å²) in [6.45, 7) is 0.333. The van der Waals surface area contributed by atoms with E-state index in [0.29, 0.717) is 22.9 Å². The molecule has 0 unspecified atom stereocenters. The van der Waals surface area contributed by atoms with Crippen molar-refractivity contribution in [3.05, 3.63) is 101 Å². The first-order chi connectivity index (χ1) is 14.2. The molecule has 0 bridgehead atoms. The number of H-pyrrole nitrogens is 1. The fourth-order valence-electron chi connectivity index (χ4n) is 2.94. The van der Waals surface area contributed by atoms with E-state index in [9.17, 15) is 4.79 Å². The van der Waals surface area contributed by atoms with Gasteiger partial charge in [-0.2, -0.15) is 5.10 Å². The van der Waals surface area contributed by atoms with Crippen molar-refractivity contribution in [1.29, 1.82) is 0 Å². The summed E-state index contributed by atoms with van der Waals surface area (Å²) in [6.07, 6.45) is 3.47. The fourth-order valence-corrected chi connectivity index (χ4v) is 3.07. The Labute approximate surface area is 173 Å².